The van der Waals surface area contributed by atoms with Crippen LogP contribution in [0.3, 0.4) is 0 Å². The van der Waals surface area contributed by atoms with E-state index in [4.69, 9.17) is 9.84 Å². The lowest BCUT2D eigenvalue weighted by Crippen LogP contribution is -2.13. The number of aliphatic hydroxyl groups is 1. The van der Waals surface area contributed by atoms with Gasteiger partial charge in [0.15, 0.2) is 0 Å². The van der Waals surface area contributed by atoms with E-state index in [1.807, 2.05) is 6.07 Å². The van der Waals surface area contributed by atoms with E-state index >= 15 is 0 Å². The molecule has 1 aromatic rings. The molecule has 0 aliphatic rings. The van der Waals surface area contributed by atoms with Gasteiger partial charge in [-0.3, -0.25) is 0 Å². The van der Waals surface area contributed by atoms with Gasteiger partial charge in [0.25, 0.3) is 0 Å². The summed E-state index contributed by atoms with van der Waals surface area (Å²) in [6, 6.07) is 10.4. The van der Waals surface area contributed by atoms with Crippen LogP contribution in [-0.4, -0.2) is 17.8 Å². The third-order valence-electron chi connectivity index (χ3n) is 4.14. The first-order valence-electron chi connectivity index (χ1n) is 9.13. The Balaban J connectivity index is 2.16. The van der Waals surface area contributed by atoms with Crippen molar-refractivity contribution >= 4 is 0 Å². The second-order valence-electron chi connectivity index (χ2n) is 6.19. The summed E-state index contributed by atoms with van der Waals surface area (Å²) >= 11 is 0. The second-order valence-corrected chi connectivity index (χ2v) is 6.19. The average Bonchev–Trinajstić information content (AvgIpc) is 2.56. The summed E-state index contributed by atoms with van der Waals surface area (Å²) in [5.41, 5.74) is 1.23. The van der Waals surface area contributed by atoms with Crippen LogP contribution in [0.2, 0.25) is 0 Å². The average molecular weight is 306 g/mol. The molecule has 0 spiro atoms. The van der Waals surface area contributed by atoms with Crippen molar-refractivity contribution in [3.63, 3.8) is 0 Å². The molecule has 126 valence electrons. The summed E-state index contributed by atoms with van der Waals surface area (Å²) in [6.45, 7) is 3.21. The molecule has 0 amide bonds. The van der Waals surface area contributed by atoms with Gasteiger partial charge in [-0.2, -0.15) is 0 Å². The lowest BCUT2D eigenvalue weighted by molar-refractivity contribution is 0.0237. The predicted octanol–water partition coefficient (Wildman–Crippen LogP) is 5.49. The van der Waals surface area contributed by atoms with Gasteiger partial charge in [-0.1, -0.05) is 82.2 Å². The minimum Gasteiger partial charge on any atom is -0.396 e. The van der Waals surface area contributed by atoms with Crippen LogP contribution in [0.15, 0.2) is 30.3 Å². The highest BCUT2D eigenvalue weighted by Gasteiger charge is 2.09. The fraction of sp³-hybridized carbons (Fsp3) is 0.700. The second kappa shape index (κ2) is 13.8. The van der Waals surface area contributed by atoms with Crippen LogP contribution in [0.5, 0.6) is 0 Å². The Labute approximate surface area is 136 Å². The normalized spacial score (nSPS) is 12.5. The summed E-state index contributed by atoms with van der Waals surface area (Å²) in [4.78, 5) is 0. The lowest BCUT2D eigenvalue weighted by Gasteiger charge is -2.17. The molecule has 2 nitrogen and oxygen atoms in total. The van der Waals surface area contributed by atoms with E-state index in [9.17, 15) is 0 Å². The predicted molar refractivity (Wildman–Crippen MR) is 93.9 cm³/mol. The maximum Gasteiger partial charge on any atom is 0.0720 e. The van der Waals surface area contributed by atoms with Crippen LogP contribution in [0, 0.1) is 0 Å². The zero-order valence-electron chi connectivity index (χ0n) is 14.3. The van der Waals surface area contributed by atoms with Crippen molar-refractivity contribution in [3.05, 3.63) is 35.9 Å². The van der Waals surface area contributed by atoms with Crippen molar-refractivity contribution in [2.24, 2.45) is 0 Å². The molecule has 0 aromatic heterocycles. The largest absolute Gasteiger partial charge is 0.396 e. The van der Waals surface area contributed by atoms with Crippen LogP contribution < -0.4 is 0 Å². The van der Waals surface area contributed by atoms with Gasteiger partial charge in [0.2, 0.25) is 0 Å². The third kappa shape index (κ3) is 9.97. The van der Waals surface area contributed by atoms with Crippen molar-refractivity contribution < 1.29 is 9.84 Å². The molecule has 0 bridgehead atoms. The van der Waals surface area contributed by atoms with Gasteiger partial charge >= 0.3 is 0 Å². The van der Waals surface area contributed by atoms with Crippen molar-refractivity contribution in [1.82, 2.24) is 0 Å². The maximum absolute atomic E-state index is 9.04. The molecule has 1 aromatic carbocycles. The van der Waals surface area contributed by atoms with Crippen LogP contribution in [-0.2, 0) is 11.3 Å². The van der Waals surface area contributed by atoms with Gasteiger partial charge in [0, 0.05) is 6.61 Å². The Bertz CT molecular complexity index is 337. The first-order chi connectivity index (χ1) is 10.9. The highest BCUT2D eigenvalue weighted by Crippen LogP contribution is 2.16. The molecule has 0 heterocycles. The van der Waals surface area contributed by atoms with Crippen molar-refractivity contribution in [1.29, 1.82) is 0 Å². The number of aliphatic hydroxyl groups excluding tert-OH is 1. The fourth-order valence-electron chi connectivity index (χ4n) is 2.75. The Morgan fingerprint density at radius 1 is 0.864 bits per heavy atom. The molecule has 22 heavy (non-hydrogen) atoms. The highest BCUT2D eigenvalue weighted by atomic mass is 16.5. The zero-order valence-corrected chi connectivity index (χ0v) is 14.3. The number of rotatable bonds is 14. The number of hydrogen-bond donors (Lipinski definition) is 1. The minimum atomic E-state index is 0.266. The Morgan fingerprint density at radius 2 is 1.50 bits per heavy atom. The lowest BCUT2D eigenvalue weighted by atomic mass is 10.0. The van der Waals surface area contributed by atoms with Crippen LogP contribution in [0.1, 0.15) is 76.7 Å². The Morgan fingerprint density at radius 3 is 2.18 bits per heavy atom. The van der Waals surface area contributed by atoms with E-state index in [0.29, 0.717) is 12.7 Å². The van der Waals surface area contributed by atoms with Crippen LogP contribution in [0.25, 0.3) is 0 Å². The van der Waals surface area contributed by atoms with E-state index in [0.717, 1.165) is 19.3 Å². The summed E-state index contributed by atoms with van der Waals surface area (Å²) < 4.78 is 6.06. The zero-order chi connectivity index (χ0) is 15.9. The van der Waals surface area contributed by atoms with E-state index < -0.39 is 0 Å². The molecule has 0 saturated heterocycles. The van der Waals surface area contributed by atoms with Crippen molar-refractivity contribution in [3.8, 4) is 0 Å². The fourth-order valence-corrected chi connectivity index (χ4v) is 2.75. The summed E-state index contributed by atoms with van der Waals surface area (Å²) in [5.74, 6) is 0. The molecular formula is C20H34O2. The van der Waals surface area contributed by atoms with E-state index in [1.54, 1.807) is 0 Å². The molecule has 0 aliphatic carbocycles. The van der Waals surface area contributed by atoms with Gasteiger partial charge in [0.05, 0.1) is 12.7 Å². The molecule has 1 atom stereocenters. The molecule has 1 unspecified atom stereocenters. The Hall–Kier alpha value is -0.860. The van der Waals surface area contributed by atoms with Gasteiger partial charge in [0.1, 0.15) is 0 Å². The maximum atomic E-state index is 9.04. The number of ether oxygens (including phenoxy) is 1. The smallest absolute Gasteiger partial charge is 0.0720 e. The number of benzene rings is 1. The van der Waals surface area contributed by atoms with Crippen LogP contribution >= 0.6 is 0 Å². The molecule has 0 saturated carbocycles. The summed E-state index contributed by atoms with van der Waals surface area (Å²) in [7, 11) is 0. The molecule has 1 rings (SSSR count). The molecule has 1 N–H and O–H groups in total. The van der Waals surface area contributed by atoms with Crippen LogP contribution in [0.4, 0.5) is 0 Å². The molecule has 0 aliphatic heterocycles. The van der Waals surface area contributed by atoms with E-state index in [1.165, 1.54) is 50.5 Å². The molecule has 0 fully saturated rings. The minimum absolute atomic E-state index is 0.266. The first-order valence-corrected chi connectivity index (χ1v) is 9.13. The molecular weight excluding hydrogens is 272 g/mol. The molecule has 0 radical (unpaired) electrons. The van der Waals surface area contributed by atoms with Crippen molar-refractivity contribution in [2.45, 2.75) is 83.8 Å². The van der Waals surface area contributed by atoms with Gasteiger partial charge < -0.3 is 9.84 Å². The first kappa shape index (κ1) is 19.2. The van der Waals surface area contributed by atoms with E-state index in [2.05, 4.69) is 31.2 Å². The SMILES string of the molecule is CCCCCCCCCC(CCCO)OCc1ccccc1. The topological polar surface area (TPSA) is 29.5 Å². The Kier molecular flexibility index (Phi) is 12.0. The number of unbranched alkanes of at least 4 members (excludes halogenated alkanes) is 6. The van der Waals surface area contributed by atoms with Crippen molar-refractivity contribution in [2.75, 3.05) is 6.61 Å². The standard InChI is InChI=1S/C20H34O2/c1-2-3-4-5-6-7-11-15-20(16-12-17-21)22-18-19-13-9-8-10-14-19/h8-10,13-14,20-21H,2-7,11-12,15-18H2,1H3. The highest BCUT2D eigenvalue weighted by molar-refractivity contribution is 5.13. The molecule has 2 heteroatoms. The van der Waals surface area contributed by atoms with Gasteiger partial charge in [-0.25, -0.2) is 0 Å². The van der Waals surface area contributed by atoms with Gasteiger partial charge in [-0.05, 0) is 24.8 Å². The quantitative estimate of drug-likeness (QED) is 0.461. The monoisotopic (exact) mass is 306 g/mol. The van der Waals surface area contributed by atoms with E-state index in [-0.39, 0.29) is 6.61 Å². The summed E-state index contributed by atoms with van der Waals surface area (Å²) in [5, 5.41) is 9.04. The summed E-state index contributed by atoms with van der Waals surface area (Å²) in [6.07, 6.45) is 12.6. The third-order valence-corrected chi connectivity index (χ3v) is 4.14. The number of hydrogen-bond acceptors (Lipinski definition) is 2. The van der Waals surface area contributed by atoms with Gasteiger partial charge in [-0.15, -0.1) is 0 Å².